The van der Waals surface area contributed by atoms with Crippen LogP contribution >= 0.6 is 0 Å². The maximum Gasteiger partial charge on any atom is 0.346 e. The first-order chi connectivity index (χ1) is 11.7. The van der Waals surface area contributed by atoms with Gasteiger partial charge in [-0.15, -0.1) is 5.01 Å². The summed E-state index contributed by atoms with van der Waals surface area (Å²) in [5.41, 5.74) is 2.42. The Morgan fingerprint density at radius 2 is 1.92 bits per heavy atom. The van der Waals surface area contributed by atoms with E-state index in [2.05, 4.69) is 42.7 Å². The van der Waals surface area contributed by atoms with Crippen molar-refractivity contribution in [1.82, 2.24) is 14.9 Å². The molecule has 136 valence electrons. The molecule has 0 unspecified atom stereocenters. The van der Waals surface area contributed by atoms with E-state index < -0.39 is 11.6 Å². The van der Waals surface area contributed by atoms with Gasteiger partial charge in [-0.05, 0) is 65.4 Å². The molecule has 3 amide bonds. The molecule has 3 rings (SSSR count). The van der Waals surface area contributed by atoms with Crippen LogP contribution in [0.25, 0.3) is 0 Å². The number of carbonyl (C=O) groups excluding carboxylic acids is 2. The molecule has 0 atom stereocenters. The fraction of sp³-hybridized carbons (Fsp3) is 0.632. The topological polar surface area (TPSA) is 66.7 Å². The third-order valence-corrected chi connectivity index (χ3v) is 5.62. The van der Waals surface area contributed by atoms with Crippen LogP contribution in [0.2, 0.25) is 0 Å². The molecule has 2 fully saturated rings. The van der Waals surface area contributed by atoms with Gasteiger partial charge < -0.3 is 9.88 Å². The predicted octanol–water partition coefficient (Wildman–Crippen LogP) is 3.52. The molecule has 2 aliphatic rings. The van der Waals surface area contributed by atoms with Gasteiger partial charge in [0.15, 0.2) is 0 Å². The van der Waals surface area contributed by atoms with Crippen LogP contribution in [0.5, 0.6) is 0 Å². The van der Waals surface area contributed by atoms with Gasteiger partial charge in [0.25, 0.3) is 5.91 Å². The molecule has 1 aliphatic heterocycles. The van der Waals surface area contributed by atoms with E-state index in [1.165, 1.54) is 0 Å². The minimum absolute atomic E-state index is 0.210. The quantitative estimate of drug-likeness (QED) is 0.673. The normalized spacial score (nSPS) is 27.1. The summed E-state index contributed by atoms with van der Waals surface area (Å²) < 4.78 is 2.22. The maximum atomic E-state index is 12.8. The van der Waals surface area contributed by atoms with Crippen molar-refractivity contribution in [2.75, 3.05) is 0 Å². The highest BCUT2D eigenvalue weighted by molar-refractivity contribution is 6.07. The van der Waals surface area contributed by atoms with E-state index in [9.17, 15) is 9.59 Å². The summed E-state index contributed by atoms with van der Waals surface area (Å²) in [7, 11) is 0. The summed E-state index contributed by atoms with van der Waals surface area (Å²) in [5.74, 6) is 0.396. The molecule has 1 aromatic heterocycles. The Morgan fingerprint density at radius 3 is 2.48 bits per heavy atom. The lowest BCUT2D eigenvalue weighted by atomic mass is 9.77. The first-order valence-electron chi connectivity index (χ1n) is 9.14. The van der Waals surface area contributed by atoms with Crippen molar-refractivity contribution in [2.24, 2.45) is 11.0 Å². The van der Waals surface area contributed by atoms with E-state index in [0.717, 1.165) is 34.8 Å². The van der Waals surface area contributed by atoms with Crippen LogP contribution in [0, 0.1) is 19.8 Å². The number of hydrogen-bond donors (Lipinski definition) is 1. The summed E-state index contributed by atoms with van der Waals surface area (Å²) in [6, 6.07) is 1.98. The van der Waals surface area contributed by atoms with Crippen LogP contribution in [0.1, 0.15) is 69.4 Å². The number of carbonyl (C=O) groups is 2. The number of hydrazone groups is 1. The highest BCUT2D eigenvalue weighted by atomic mass is 16.2. The molecule has 0 aromatic carbocycles. The molecule has 6 nitrogen and oxygen atoms in total. The minimum Gasteiger partial charge on any atom is -0.346 e. The van der Waals surface area contributed by atoms with E-state index in [1.54, 1.807) is 6.21 Å². The number of aryl methyl sites for hydroxylation is 1. The number of rotatable bonds is 3. The SMILES string of the molecule is Cc1cc(/C=N\N2C(=O)NC3(CCC(C)CC3)C2=O)c(C)n1C(C)C. The zero-order chi connectivity index (χ0) is 18.4. The highest BCUT2D eigenvalue weighted by Gasteiger charge is 2.52. The summed E-state index contributed by atoms with van der Waals surface area (Å²) in [5, 5.41) is 8.14. The second kappa shape index (κ2) is 6.32. The predicted molar refractivity (Wildman–Crippen MR) is 97.6 cm³/mol. The van der Waals surface area contributed by atoms with Gasteiger partial charge in [0.1, 0.15) is 5.54 Å². The van der Waals surface area contributed by atoms with Crippen LogP contribution < -0.4 is 5.32 Å². The molecule has 1 N–H and O–H groups in total. The number of aromatic nitrogens is 1. The Kier molecular flexibility index (Phi) is 4.47. The van der Waals surface area contributed by atoms with Gasteiger partial charge in [0, 0.05) is 23.0 Å². The lowest BCUT2D eigenvalue weighted by Crippen LogP contribution is -2.49. The molecule has 1 spiro atoms. The van der Waals surface area contributed by atoms with Crippen LogP contribution in [-0.4, -0.2) is 33.3 Å². The zero-order valence-electron chi connectivity index (χ0n) is 15.8. The van der Waals surface area contributed by atoms with E-state index in [4.69, 9.17) is 0 Å². The van der Waals surface area contributed by atoms with Crippen LogP contribution in [-0.2, 0) is 4.79 Å². The van der Waals surface area contributed by atoms with Crippen molar-refractivity contribution < 1.29 is 9.59 Å². The van der Waals surface area contributed by atoms with Gasteiger partial charge in [-0.1, -0.05) is 6.92 Å². The average Bonchev–Trinajstić information content (AvgIpc) is 2.95. The fourth-order valence-electron chi connectivity index (χ4n) is 4.15. The van der Waals surface area contributed by atoms with Gasteiger partial charge in [0.05, 0.1) is 6.21 Å². The summed E-state index contributed by atoms with van der Waals surface area (Å²) in [6.45, 7) is 10.5. The molecule has 1 saturated heterocycles. The van der Waals surface area contributed by atoms with Crippen molar-refractivity contribution in [3.05, 3.63) is 23.0 Å². The van der Waals surface area contributed by atoms with Crippen molar-refractivity contribution in [3.8, 4) is 0 Å². The molecule has 1 aromatic rings. The summed E-state index contributed by atoms with van der Waals surface area (Å²) >= 11 is 0. The third-order valence-electron chi connectivity index (χ3n) is 5.62. The van der Waals surface area contributed by atoms with Gasteiger partial charge in [-0.2, -0.15) is 5.10 Å². The number of nitrogens with one attached hydrogen (secondary N) is 1. The molecule has 2 heterocycles. The second-order valence-corrected chi connectivity index (χ2v) is 7.85. The third kappa shape index (κ3) is 2.98. The van der Waals surface area contributed by atoms with Crippen LogP contribution in [0.15, 0.2) is 11.2 Å². The number of hydrogen-bond acceptors (Lipinski definition) is 3. The van der Waals surface area contributed by atoms with Crippen LogP contribution in [0.4, 0.5) is 4.79 Å². The second-order valence-electron chi connectivity index (χ2n) is 7.85. The Morgan fingerprint density at radius 1 is 1.28 bits per heavy atom. The summed E-state index contributed by atoms with van der Waals surface area (Å²) in [4.78, 5) is 25.1. The molecule has 6 heteroatoms. The lowest BCUT2D eigenvalue weighted by Gasteiger charge is -2.33. The monoisotopic (exact) mass is 344 g/mol. The van der Waals surface area contributed by atoms with Gasteiger partial charge in [-0.3, -0.25) is 4.79 Å². The van der Waals surface area contributed by atoms with Crippen molar-refractivity contribution in [1.29, 1.82) is 0 Å². The minimum atomic E-state index is -0.740. The first kappa shape index (κ1) is 17.7. The van der Waals surface area contributed by atoms with E-state index in [-0.39, 0.29) is 5.91 Å². The Bertz CT molecular complexity index is 724. The lowest BCUT2D eigenvalue weighted by molar-refractivity contribution is -0.132. The summed E-state index contributed by atoms with van der Waals surface area (Å²) in [6.07, 6.45) is 4.95. The number of imide groups is 1. The first-order valence-corrected chi connectivity index (χ1v) is 9.14. The number of urea groups is 1. The molecule has 25 heavy (non-hydrogen) atoms. The smallest absolute Gasteiger partial charge is 0.346 e. The molecule has 0 radical (unpaired) electrons. The van der Waals surface area contributed by atoms with Crippen LogP contribution in [0.3, 0.4) is 0 Å². The molecule has 1 aliphatic carbocycles. The molecule has 0 bridgehead atoms. The standard InChI is InChI=1S/C19H28N4O2/c1-12(2)22-14(4)10-16(15(22)5)11-20-23-17(24)19(21-18(23)25)8-6-13(3)7-9-19/h10-13H,6-9H2,1-5H3,(H,21,25)/b20-11-. The Balaban J connectivity index is 1.82. The number of nitrogens with zero attached hydrogens (tertiary/aromatic N) is 3. The van der Waals surface area contributed by atoms with Crippen molar-refractivity contribution >= 4 is 18.2 Å². The highest BCUT2D eigenvalue weighted by Crippen LogP contribution is 2.36. The van der Waals surface area contributed by atoms with Crippen molar-refractivity contribution in [2.45, 2.75) is 71.9 Å². The Labute approximate surface area is 149 Å². The molecule has 1 saturated carbocycles. The number of amides is 3. The molecular weight excluding hydrogens is 316 g/mol. The van der Waals surface area contributed by atoms with Gasteiger partial charge in [-0.25, -0.2) is 4.79 Å². The fourth-order valence-corrected chi connectivity index (χ4v) is 4.15. The Hall–Kier alpha value is -2.11. The zero-order valence-corrected chi connectivity index (χ0v) is 15.8. The van der Waals surface area contributed by atoms with Gasteiger partial charge >= 0.3 is 6.03 Å². The van der Waals surface area contributed by atoms with E-state index in [0.29, 0.717) is 24.8 Å². The average molecular weight is 344 g/mol. The van der Waals surface area contributed by atoms with Gasteiger partial charge in [0.2, 0.25) is 0 Å². The van der Waals surface area contributed by atoms with E-state index >= 15 is 0 Å². The maximum absolute atomic E-state index is 12.8. The largest absolute Gasteiger partial charge is 0.346 e. The molecular formula is C19H28N4O2. The van der Waals surface area contributed by atoms with E-state index in [1.807, 2.05) is 13.0 Å². The van der Waals surface area contributed by atoms with Crippen molar-refractivity contribution in [3.63, 3.8) is 0 Å².